The van der Waals surface area contributed by atoms with Gasteiger partial charge in [-0.25, -0.2) is 4.98 Å². The first-order valence-corrected chi connectivity index (χ1v) is 6.29. The number of aryl methyl sites for hydroxylation is 2. The monoisotopic (exact) mass is 282 g/mol. The molecule has 2 rings (SSSR count). The lowest BCUT2D eigenvalue weighted by atomic mass is 10.1. The predicted molar refractivity (Wildman–Crippen MR) is 68.1 cm³/mol. The maximum Gasteiger partial charge on any atom is 0.123 e. The molecule has 0 bridgehead atoms. The number of nitrogens with zero attached hydrogens (tertiary/aromatic N) is 1. The summed E-state index contributed by atoms with van der Waals surface area (Å²) in [7, 11) is 0. The summed E-state index contributed by atoms with van der Waals surface area (Å²) in [6, 6.07) is 8.18. The van der Waals surface area contributed by atoms with Crippen LogP contribution in [-0.4, -0.2) is 4.98 Å². The van der Waals surface area contributed by atoms with Gasteiger partial charge < -0.3 is 5.73 Å². The van der Waals surface area contributed by atoms with Crippen LogP contribution in [0.15, 0.2) is 34.2 Å². The Morgan fingerprint density at radius 2 is 2.13 bits per heavy atom. The highest BCUT2D eigenvalue weighted by atomic mass is 79.9. The van der Waals surface area contributed by atoms with Gasteiger partial charge in [0.1, 0.15) is 5.82 Å². The molecule has 0 saturated carbocycles. The van der Waals surface area contributed by atoms with Gasteiger partial charge in [-0.3, -0.25) is 0 Å². The van der Waals surface area contributed by atoms with Gasteiger partial charge in [0, 0.05) is 11.1 Å². The van der Waals surface area contributed by atoms with Gasteiger partial charge in [-0.15, -0.1) is 11.3 Å². The summed E-state index contributed by atoms with van der Waals surface area (Å²) in [6.07, 6.45) is 3.83. The zero-order valence-corrected chi connectivity index (χ0v) is 10.5. The van der Waals surface area contributed by atoms with E-state index in [-0.39, 0.29) is 0 Å². The van der Waals surface area contributed by atoms with Gasteiger partial charge in [0.15, 0.2) is 0 Å². The van der Waals surface area contributed by atoms with Crippen molar-refractivity contribution >= 4 is 33.1 Å². The number of aromatic nitrogens is 1. The van der Waals surface area contributed by atoms with Crippen molar-refractivity contribution in [1.29, 1.82) is 0 Å². The summed E-state index contributed by atoms with van der Waals surface area (Å²) in [4.78, 5) is 5.36. The van der Waals surface area contributed by atoms with Crippen LogP contribution in [0.2, 0.25) is 0 Å². The molecule has 2 aromatic heterocycles. The summed E-state index contributed by atoms with van der Waals surface area (Å²) in [5.41, 5.74) is 6.86. The number of nitrogens with two attached hydrogens (primary N) is 1. The summed E-state index contributed by atoms with van der Waals surface area (Å²) >= 11 is 5.24. The molecule has 0 saturated heterocycles. The normalized spacial score (nSPS) is 10.5. The van der Waals surface area contributed by atoms with E-state index in [1.54, 1.807) is 17.5 Å². The van der Waals surface area contributed by atoms with Gasteiger partial charge in [0.2, 0.25) is 0 Å². The maximum atomic E-state index is 5.62. The highest BCUT2D eigenvalue weighted by Crippen LogP contribution is 2.23. The van der Waals surface area contributed by atoms with Crippen LogP contribution in [-0.2, 0) is 12.8 Å². The Morgan fingerprint density at radius 1 is 1.27 bits per heavy atom. The van der Waals surface area contributed by atoms with Crippen molar-refractivity contribution in [3.05, 3.63) is 44.7 Å². The molecule has 0 aliphatic heterocycles. The minimum Gasteiger partial charge on any atom is -0.384 e. The highest BCUT2D eigenvalue weighted by Gasteiger charge is 1.99. The molecule has 0 unspecified atom stereocenters. The van der Waals surface area contributed by atoms with Crippen LogP contribution in [0.3, 0.4) is 0 Å². The fraction of sp³-hybridized carbons (Fsp3) is 0.182. The molecule has 78 valence electrons. The van der Waals surface area contributed by atoms with E-state index in [2.05, 4.69) is 33.0 Å². The fourth-order valence-corrected chi connectivity index (χ4v) is 2.89. The lowest BCUT2D eigenvalue weighted by Crippen LogP contribution is -1.93. The Balaban J connectivity index is 1.99. The predicted octanol–water partition coefficient (Wildman–Crippen LogP) is 3.27. The molecule has 2 heterocycles. The third kappa shape index (κ3) is 3.04. The SMILES string of the molecule is Nc1cc(CCc2ccc(Br)s2)ccn1. The van der Waals surface area contributed by atoms with Crippen molar-refractivity contribution in [2.45, 2.75) is 12.8 Å². The third-order valence-electron chi connectivity index (χ3n) is 2.13. The first-order chi connectivity index (χ1) is 7.24. The van der Waals surface area contributed by atoms with Crippen LogP contribution in [0, 0.1) is 0 Å². The van der Waals surface area contributed by atoms with Crippen molar-refractivity contribution in [1.82, 2.24) is 4.98 Å². The van der Waals surface area contributed by atoms with E-state index in [1.807, 2.05) is 12.1 Å². The van der Waals surface area contributed by atoms with Gasteiger partial charge in [0.05, 0.1) is 3.79 Å². The van der Waals surface area contributed by atoms with Gasteiger partial charge in [-0.05, 0) is 58.6 Å². The van der Waals surface area contributed by atoms with Crippen molar-refractivity contribution in [3.63, 3.8) is 0 Å². The second-order valence-corrected chi connectivity index (χ2v) is 5.84. The second kappa shape index (κ2) is 4.77. The molecule has 2 N–H and O–H groups in total. The number of rotatable bonds is 3. The molecule has 4 heteroatoms. The van der Waals surface area contributed by atoms with E-state index in [0.717, 1.165) is 12.8 Å². The molecule has 2 aromatic rings. The summed E-state index contributed by atoms with van der Waals surface area (Å²) in [5, 5.41) is 0. The molecule has 0 aliphatic carbocycles. The third-order valence-corrected chi connectivity index (χ3v) is 3.82. The van der Waals surface area contributed by atoms with Crippen molar-refractivity contribution in [3.8, 4) is 0 Å². The molecule has 0 spiro atoms. The zero-order valence-electron chi connectivity index (χ0n) is 8.11. The second-order valence-electron chi connectivity index (χ2n) is 3.29. The molecule has 0 amide bonds. The van der Waals surface area contributed by atoms with Crippen LogP contribution >= 0.6 is 27.3 Å². The minimum atomic E-state index is 0.597. The van der Waals surface area contributed by atoms with Crippen molar-refractivity contribution < 1.29 is 0 Å². The Bertz CT molecular complexity index is 453. The average molecular weight is 283 g/mol. The molecule has 0 aromatic carbocycles. The molecule has 15 heavy (non-hydrogen) atoms. The van der Waals surface area contributed by atoms with Crippen LogP contribution in [0.25, 0.3) is 0 Å². The maximum absolute atomic E-state index is 5.62. The number of thiophene rings is 1. The van der Waals surface area contributed by atoms with Gasteiger partial charge in [-0.1, -0.05) is 0 Å². The number of hydrogen-bond acceptors (Lipinski definition) is 3. The van der Waals surface area contributed by atoms with Crippen LogP contribution in [0.1, 0.15) is 10.4 Å². The van der Waals surface area contributed by atoms with Gasteiger partial charge in [-0.2, -0.15) is 0 Å². The standard InChI is InChI=1S/C11H11BrN2S/c12-10-4-3-9(15-10)2-1-8-5-6-14-11(13)7-8/h3-7H,1-2H2,(H2,13,14). The summed E-state index contributed by atoms with van der Waals surface area (Å²) in [6.45, 7) is 0. The van der Waals surface area contributed by atoms with E-state index in [9.17, 15) is 0 Å². The van der Waals surface area contributed by atoms with E-state index >= 15 is 0 Å². The van der Waals surface area contributed by atoms with Crippen LogP contribution in [0.4, 0.5) is 5.82 Å². The minimum absolute atomic E-state index is 0.597. The molecule has 0 radical (unpaired) electrons. The van der Waals surface area contributed by atoms with Crippen molar-refractivity contribution in [2.75, 3.05) is 5.73 Å². The first kappa shape index (κ1) is 10.6. The van der Waals surface area contributed by atoms with E-state index in [1.165, 1.54) is 14.2 Å². The first-order valence-electron chi connectivity index (χ1n) is 4.68. The summed E-state index contributed by atoms with van der Waals surface area (Å²) in [5.74, 6) is 0.597. The summed E-state index contributed by atoms with van der Waals surface area (Å²) < 4.78 is 1.19. The molecular weight excluding hydrogens is 272 g/mol. The highest BCUT2D eigenvalue weighted by molar-refractivity contribution is 9.11. The van der Waals surface area contributed by atoms with E-state index < -0.39 is 0 Å². The number of anilines is 1. The molecule has 0 fully saturated rings. The number of nitrogen functional groups attached to an aromatic ring is 1. The lowest BCUT2D eigenvalue weighted by molar-refractivity contribution is 0.976. The van der Waals surface area contributed by atoms with Gasteiger partial charge >= 0.3 is 0 Å². The zero-order chi connectivity index (χ0) is 10.7. The Labute approximate surface area is 101 Å². The lowest BCUT2D eigenvalue weighted by Gasteiger charge is -2.00. The van der Waals surface area contributed by atoms with Crippen LogP contribution < -0.4 is 5.73 Å². The molecular formula is C11H11BrN2S. The smallest absolute Gasteiger partial charge is 0.123 e. The van der Waals surface area contributed by atoms with Crippen molar-refractivity contribution in [2.24, 2.45) is 0 Å². The largest absolute Gasteiger partial charge is 0.384 e. The Morgan fingerprint density at radius 3 is 2.80 bits per heavy atom. The van der Waals surface area contributed by atoms with Crippen LogP contribution in [0.5, 0.6) is 0 Å². The Hall–Kier alpha value is -0.870. The number of halogens is 1. The quantitative estimate of drug-likeness (QED) is 0.939. The molecule has 0 aliphatic rings. The molecule has 2 nitrogen and oxygen atoms in total. The number of pyridine rings is 1. The number of hydrogen-bond donors (Lipinski definition) is 1. The van der Waals surface area contributed by atoms with E-state index in [0.29, 0.717) is 5.82 Å². The van der Waals surface area contributed by atoms with E-state index in [4.69, 9.17) is 5.73 Å². The topological polar surface area (TPSA) is 38.9 Å². The molecule has 0 atom stereocenters. The average Bonchev–Trinajstić information content (AvgIpc) is 2.62. The Kier molecular flexibility index (Phi) is 3.38. The fourth-order valence-electron chi connectivity index (χ4n) is 1.40. The van der Waals surface area contributed by atoms with Gasteiger partial charge in [0.25, 0.3) is 0 Å².